The van der Waals surface area contributed by atoms with Crippen molar-refractivity contribution in [3.8, 4) is 0 Å². The monoisotopic (exact) mass is 220 g/mol. The van der Waals surface area contributed by atoms with Gasteiger partial charge in [0.2, 0.25) is 5.95 Å². The Morgan fingerprint density at radius 1 is 1.19 bits per heavy atom. The smallest absolute Gasteiger partial charge is 0.226 e. The van der Waals surface area contributed by atoms with Crippen molar-refractivity contribution in [1.82, 2.24) is 14.8 Å². The lowest BCUT2D eigenvalue weighted by atomic mass is 10.1. The summed E-state index contributed by atoms with van der Waals surface area (Å²) in [5.74, 6) is 3.01. The van der Waals surface area contributed by atoms with E-state index in [4.69, 9.17) is 0 Å². The molecule has 1 saturated carbocycles. The van der Waals surface area contributed by atoms with E-state index < -0.39 is 0 Å². The van der Waals surface area contributed by atoms with E-state index in [-0.39, 0.29) is 0 Å². The second kappa shape index (κ2) is 3.57. The van der Waals surface area contributed by atoms with Crippen molar-refractivity contribution >= 4 is 11.7 Å². The number of ketones is 1. The highest BCUT2D eigenvalue weighted by molar-refractivity contribution is 5.80. The minimum absolute atomic E-state index is 0.362. The zero-order valence-corrected chi connectivity index (χ0v) is 9.52. The molecular weight excluding hydrogens is 204 g/mol. The lowest BCUT2D eigenvalue weighted by Crippen LogP contribution is -2.35. The number of anilines is 1. The molecule has 5 nitrogen and oxygen atoms in total. The number of Topliss-reactive ketones (excluding diaryl/α,β-unsaturated/α-hetero) is 1. The highest BCUT2D eigenvalue weighted by Crippen LogP contribution is 2.39. The van der Waals surface area contributed by atoms with E-state index >= 15 is 0 Å². The number of nitrogens with zero attached hydrogens (tertiary/aromatic N) is 4. The van der Waals surface area contributed by atoms with E-state index in [9.17, 15) is 4.79 Å². The van der Waals surface area contributed by atoms with Crippen LogP contribution in [0.2, 0.25) is 0 Å². The summed E-state index contributed by atoms with van der Waals surface area (Å²) in [5.41, 5.74) is 0. The molecule has 0 bridgehead atoms. The zero-order valence-electron chi connectivity index (χ0n) is 9.52. The van der Waals surface area contributed by atoms with Gasteiger partial charge in [-0.3, -0.25) is 4.79 Å². The Balaban J connectivity index is 1.80. The van der Waals surface area contributed by atoms with Crippen LogP contribution in [0.15, 0.2) is 0 Å². The van der Waals surface area contributed by atoms with Crippen LogP contribution in [0.1, 0.15) is 37.4 Å². The molecule has 1 aromatic rings. The van der Waals surface area contributed by atoms with Crippen molar-refractivity contribution in [1.29, 1.82) is 0 Å². The molecule has 0 radical (unpaired) electrons. The van der Waals surface area contributed by atoms with Gasteiger partial charge in [-0.05, 0) is 12.8 Å². The third kappa shape index (κ3) is 1.60. The van der Waals surface area contributed by atoms with Gasteiger partial charge in [0.05, 0.1) is 0 Å². The quantitative estimate of drug-likeness (QED) is 0.742. The summed E-state index contributed by atoms with van der Waals surface area (Å²) in [6.07, 6.45) is 3.77. The summed E-state index contributed by atoms with van der Waals surface area (Å²) < 4.78 is 2.09. The van der Waals surface area contributed by atoms with Gasteiger partial charge in [-0.25, -0.2) is 0 Å². The maximum absolute atomic E-state index is 11.2. The largest absolute Gasteiger partial charge is 0.340 e. The summed E-state index contributed by atoms with van der Waals surface area (Å²) >= 11 is 0. The molecule has 3 rings (SSSR count). The minimum Gasteiger partial charge on any atom is -0.340 e. The van der Waals surface area contributed by atoms with Gasteiger partial charge >= 0.3 is 0 Å². The van der Waals surface area contributed by atoms with Gasteiger partial charge < -0.3 is 9.47 Å². The van der Waals surface area contributed by atoms with Crippen molar-refractivity contribution in [2.24, 2.45) is 7.05 Å². The fourth-order valence-corrected chi connectivity index (χ4v) is 2.26. The maximum Gasteiger partial charge on any atom is 0.226 e. The topological polar surface area (TPSA) is 51.0 Å². The number of carbonyl (C=O) groups excluding carboxylic acids is 1. The van der Waals surface area contributed by atoms with Crippen LogP contribution >= 0.6 is 0 Å². The number of piperidine rings is 1. The van der Waals surface area contributed by atoms with Gasteiger partial charge in [0.15, 0.2) is 0 Å². The fraction of sp³-hybridized carbons (Fsp3) is 0.727. The van der Waals surface area contributed by atoms with Crippen molar-refractivity contribution < 1.29 is 4.79 Å². The molecule has 16 heavy (non-hydrogen) atoms. The summed E-state index contributed by atoms with van der Waals surface area (Å²) in [6, 6.07) is 0. The van der Waals surface area contributed by atoms with Crippen LogP contribution in [0.5, 0.6) is 0 Å². The molecule has 1 aliphatic heterocycles. The van der Waals surface area contributed by atoms with E-state index in [1.165, 1.54) is 12.8 Å². The zero-order chi connectivity index (χ0) is 11.1. The summed E-state index contributed by atoms with van der Waals surface area (Å²) in [6.45, 7) is 1.57. The Morgan fingerprint density at radius 2 is 1.88 bits per heavy atom. The first-order valence-corrected chi connectivity index (χ1v) is 5.91. The molecular formula is C11H16N4O. The SMILES string of the molecule is Cn1c(C2CC2)nnc1N1CCC(=O)CC1. The normalized spacial score (nSPS) is 21.6. The summed E-state index contributed by atoms with van der Waals surface area (Å²) in [4.78, 5) is 13.3. The standard InChI is InChI=1S/C11H16N4O/c1-14-10(8-2-3-8)12-13-11(14)15-6-4-9(16)5-7-15/h8H,2-7H2,1H3. The second-order valence-corrected chi connectivity index (χ2v) is 4.72. The average molecular weight is 220 g/mol. The molecule has 0 atom stereocenters. The van der Waals surface area contributed by atoms with E-state index in [1.54, 1.807) is 0 Å². The van der Waals surface area contributed by atoms with Gasteiger partial charge in [0, 0.05) is 38.9 Å². The fourth-order valence-electron chi connectivity index (χ4n) is 2.26. The molecule has 0 spiro atoms. The molecule has 0 amide bonds. The summed E-state index contributed by atoms with van der Waals surface area (Å²) in [5, 5.41) is 8.51. The molecule has 0 unspecified atom stereocenters. The minimum atomic E-state index is 0.362. The first kappa shape index (κ1) is 9.81. The molecule has 2 aliphatic rings. The van der Waals surface area contributed by atoms with E-state index in [0.717, 1.165) is 24.9 Å². The Morgan fingerprint density at radius 3 is 2.50 bits per heavy atom. The first-order chi connectivity index (χ1) is 7.75. The van der Waals surface area contributed by atoms with Crippen LogP contribution in [-0.4, -0.2) is 33.6 Å². The molecule has 5 heteroatoms. The van der Waals surface area contributed by atoms with Gasteiger partial charge in [0.1, 0.15) is 11.6 Å². The third-order valence-electron chi connectivity index (χ3n) is 3.43. The highest BCUT2D eigenvalue weighted by Gasteiger charge is 2.30. The number of hydrogen-bond acceptors (Lipinski definition) is 4. The number of aromatic nitrogens is 3. The number of hydrogen-bond donors (Lipinski definition) is 0. The van der Waals surface area contributed by atoms with Crippen molar-refractivity contribution in [3.63, 3.8) is 0 Å². The Labute approximate surface area is 94.5 Å². The lowest BCUT2D eigenvalue weighted by molar-refractivity contribution is -0.119. The predicted molar refractivity (Wildman–Crippen MR) is 59.4 cm³/mol. The number of rotatable bonds is 2. The molecule has 1 saturated heterocycles. The Kier molecular flexibility index (Phi) is 2.19. The van der Waals surface area contributed by atoms with Crippen molar-refractivity contribution in [3.05, 3.63) is 5.82 Å². The molecule has 1 aromatic heterocycles. The van der Waals surface area contributed by atoms with Gasteiger partial charge in [-0.15, -0.1) is 10.2 Å². The maximum atomic E-state index is 11.2. The molecule has 2 heterocycles. The Bertz CT molecular complexity index is 412. The summed E-state index contributed by atoms with van der Waals surface area (Å²) in [7, 11) is 2.03. The third-order valence-corrected chi connectivity index (χ3v) is 3.43. The van der Waals surface area contributed by atoms with E-state index in [0.29, 0.717) is 24.5 Å². The highest BCUT2D eigenvalue weighted by atomic mass is 16.1. The van der Waals surface area contributed by atoms with Crippen molar-refractivity contribution in [2.75, 3.05) is 18.0 Å². The van der Waals surface area contributed by atoms with Gasteiger partial charge in [-0.2, -0.15) is 0 Å². The molecule has 0 N–H and O–H groups in total. The average Bonchev–Trinajstić information content (AvgIpc) is 3.05. The van der Waals surface area contributed by atoms with E-state index in [2.05, 4.69) is 19.7 Å². The molecule has 86 valence electrons. The number of carbonyl (C=O) groups is 1. The predicted octanol–water partition coefficient (Wildman–Crippen LogP) is 0.862. The van der Waals surface area contributed by atoms with Gasteiger partial charge in [0.25, 0.3) is 0 Å². The molecule has 0 aromatic carbocycles. The van der Waals surface area contributed by atoms with E-state index in [1.807, 2.05) is 7.05 Å². The lowest BCUT2D eigenvalue weighted by Gasteiger charge is -2.26. The Hall–Kier alpha value is -1.39. The van der Waals surface area contributed by atoms with Crippen LogP contribution in [-0.2, 0) is 11.8 Å². The van der Waals surface area contributed by atoms with Crippen LogP contribution in [0.25, 0.3) is 0 Å². The van der Waals surface area contributed by atoms with Crippen LogP contribution in [0, 0.1) is 0 Å². The van der Waals surface area contributed by atoms with Crippen LogP contribution in [0.3, 0.4) is 0 Å². The first-order valence-electron chi connectivity index (χ1n) is 5.91. The van der Waals surface area contributed by atoms with Gasteiger partial charge in [-0.1, -0.05) is 0 Å². The second-order valence-electron chi connectivity index (χ2n) is 4.72. The molecule has 1 aliphatic carbocycles. The van der Waals surface area contributed by atoms with Crippen LogP contribution in [0.4, 0.5) is 5.95 Å². The van der Waals surface area contributed by atoms with Crippen LogP contribution < -0.4 is 4.90 Å². The molecule has 2 fully saturated rings. The van der Waals surface area contributed by atoms with Crippen molar-refractivity contribution in [2.45, 2.75) is 31.6 Å².